The van der Waals surface area contributed by atoms with Crippen LogP contribution in [0.5, 0.6) is 17.2 Å². The molecule has 0 aliphatic rings. The van der Waals surface area contributed by atoms with Gasteiger partial charge in [-0.3, -0.25) is 14.9 Å². The first-order chi connectivity index (χ1) is 13.5. The fourth-order valence-corrected chi connectivity index (χ4v) is 2.65. The Labute approximate surface area is 160 Å². The van der Waals surface area contributed by atoms with Gasteiger partial charge in [-0.25, -0.2) is 0 Å². The molecule has 8 heteroatoms. The van der Waals surface area contributed by atoms with Gasteiger partial charge in [0, 0.05) is 0 Å². The normalized spacial score (nSPS) is 10.4. The van der Waals surface area contributed by atoms with Gasteiger partial charge in [0.25, 0.3) is 11.6 Å². The van der Waals surface area contributed by atoms with Crippen LogP contribution in [0.4, 0.5) is 11.4 Å². The second-order valence-electron chi connectivity index (χ2n) is 5.85. The quantitative estimate of drug-likeness (QED) is 0.493. The number of ether oxygens (including phenoxy) is 3. The van der Waals surface area contributed by atoms with E-state index in [0.29, 0.717) is 17.2 Å². The van der Waals surface area contributed by atoms with Crippen LogP contribution in [-0.4, -0.2) is 31.7 Å². The van der Waals surface area contributed by atoms with E-state index in [1.165, 1.54) is 25.3 Å². The average molecular weight is 382 g/mol. The van der Waals surface area contributed by atoms with E-state index >= 15 is 0 Å². The van der Waals surface area contributed by atoms with Gasteiger partial charge in [0.2, 0.25) is 0 Å². The van der Waals surface area contributed by atoms with Gasteiger partial charge in [0.15, 0.2) is 6.61 Å². The second-order valence-corrected chi connectivity index (χ2v) is 5.85. The lowest BCUT2D eigenvalue weighted by Gasteiger charge is -2.10. The molecule has 0 aromatic heterocycles. The molecule has 8 nitrogen and oxygen atoms in total. The third-order valence-electron chi connectivity index (χ3n) is 4.06. The number of hydrogen-bond donors (Lipinski definition) is 1. The van der Waals surface area contributed by atoms with Crippen molar-refractivity contribution in [2.24, 2.45) is 0 Å². The molecule has 0 saturated carbocycles. The molecule has 1 N–H and O–H groups in total. The first kappa shape index (κ1) is 19.0. The summed E-state index contributed by atoms with van der Waals surface area (Å²) < 4.78 is 15.7. The molecule has 0 aliphatic heterocycles. The number of fused-ring (bicyclic) bond motifs is 1. The van der Waals surface area contributed by atoms with Gasteiger partial charge in [0.05, 0.1) is 25.2 Å². The van der Waals surface area contributed by atoms with Crippen molar-refractivity contribution < 1.29 is 23.9 Å². The predicted molar refractivity (Wildman–Crippen MR) is 104 cm³/mol. The molecule has 0 fully saturated rings. The number of anilines is 1. The van der Waals surface area contributed by atoms with Crippen LogP contribution in [0.1, 0.15) is 0 Å². The van der Waals surface area contributed by atoms with Crippen molar-refractivity contribution in [3.63, 3.8) is 0 Å². The molecule has 0 radical (unpaired) electrons. The van der Waals surface area contributed by atoms with E-state index in [0.717, 1.165) is 10.8 Å². The van der Waals surface area contributed by atoms with Gasteiger partial charge in [-0.05, 0) is 47.2 Å². The Bertz CT molecular complexity index is 1030. The highest BCUT2D eigenvalue weighted by Crippen LogP contribution is 2.29. The fourth-order valence-electron chi connectivity index (χ4n) is 2.65. The van der Waals surface area contributed by atoms with Crippen molar-refractivity contribution in [2.45, 2.75) is 0 Å². The Kier molecular flexibility index (Phi) is 5.59. The number of methoxy groups -OCH3 is 2. The van der Waals surface area contributed by atoms with E-state index in [2.05, 4.69) is 5.32 Å². The summed E-state index contributed by atoms with van der Waals surface area (Å²) in [7, 11) is 2.99. The third kappa shape index (κ3) is 4.29. The SMILES string of the molecule is COc1ccc(NC(=O)COc2ccc3ccc(OC)cc3c2)c([N+](=O)[O-])c1. The Morgan fingerprint density at radius 3 is 2.21 bits per heavy atom. The van der Waals surface area contributed by atoms with E-state index in [1.54, 1.807) is 19.2 Å². The summed E-state index contributed by atoms with van der Waals surface area (Å²) in [6, 6.07) is 15.2. The summed E-state index contributed by atoms with van der Waals surface area (Å²) in [6.45, 7) is -0.293. The lowest BCUT2D eigenvalue weighted by Crippen LogP contribution is -2.20. The van der Waals surface area contributed by atoms with Crippen molar-refractivity contribution in [2.75, 3.05) is 26.1 Å². The van der Waals surface area contributed by atoms with Crippen LogP contribution in [0.2, 0.25) is 0 Å². The summed E-state index contributed by atoms with van der Waals surface area (Å²) >= 11 is 0. The number of carbonyl (C=O) groups is 1. The van der Waals surface area contributed by atoms with Gasteiger partial charge < -0.3 is 19.5 Å². The minimum atomic E-state index is -0.588. The summed E-state index contributed by atoms with van der Waals surface area (Å²) in [6.07, 6.45) is 0. The maximum atomic E-state index is 12.2. The number of nitro groups is 1. The molecule has 0 saturated heterocycles. The molecule has 3 aromatic carbocycles. The molecule has 28 heavy (non-hydrogen) atoms. The zero-order chi connectivity index (χ0) is 20.1. The molecule has 3 aromatic rings. The average Bonchev–Trinajstić information content (AvgIpc) is 2.71. The number of amides is 1. The summed E-state index contributed by atoms with van der Waals surface area (Å²) in [4.78, 5) is 22.8. The maximum absolute atomic E-state index is 12.2. The van der Waals surface area contributed by atoms with Crippen molar-refractivity contribution in [1.29, 1.82) is 0 Å². The molecule has 0 aliphatic carbocycles. The first-order valence-electron chi connectivity index (χ1n) is 8.33. The Balaban J connectivity index is 1.69. The highest BCUT2D eigenvalue weighted by atomic mass is 16.6. The summed E-state index contributed by atoms with van der Waals surface area (Å²) in [5.41, 5.74) is -0.187. The minimum Gasteiger partial charge on any atom is -0.497 e. The Morgan fingerprint density at radius 2 is 1.54 bits per heavy atom. The van der Waals surface area contributed by atoms with Crippen LogP contribution in [0.3, 0.4) is 0 Å². The van der Waals surface area contributed by atoms with Crippen molar-refractivity contribution in [3.8, 4) is 17.2 Å². The van der Waals surface area contributed by atoms with Gasteiger partial charge in [-0.1, -0.05) is 12.1 Å². The zero-order valence-corrected chi connectivity index (χ0v) is 15.3. The molecule has 0 heterocycles. The van der Waals surface area contributed by atoms with Crippen LogP contribution >= 0.6 is 0 Å². The number of nitrogens with zero attached hydrogens (tertiary/aromatic N) is 1. The maximum Gasteiger partial charge on any atom is 0.296 e. The van der Waals surface area contributed by atoms with Crippen LogP contribution in [0.25, 0.3) is 10.8 Å². The topological polar surface area (TPSA) is 99.9 Å². The number of hydrogen-bond acceptors (Lipinski definition) is 6. The minimum absolute atomic E-state index is 0.0719. The lowest BCUT2D eigenvalue weighted by molar-refractivity contribution is -0.384. The third-order valence-corrected chi connectivity index (χ3v) is 4.06. The van der Waals surface area contributed by atoms with Gasteiger partial charge >= 0.3 is 0 Å². The summed E-state index contributed by atoms with van der Waals surface area (Å²) in [5.74, 6) is 1.03. The monoisotopic (exact) mass is 382 g/mol. The van der Waals surface area contributed by atoms with Crippen LogP contribution in [0.15, 0.2) is 54.6 Å². The van der Waals surface area contributed by atoms with Crippen molar-refractivity contribution in [3.05, 3.63) is 64.7 Å². The highest BCUT2D eigenvalue weighted by molar-refractivity contribution is 5.94. The molecular formula is C20H18N2O6. The Hall–Kier alpha value is -3.81. The molecular weight excluding hydrogens is 364 g/mol. The van der Waals surface area contributed by atoms with Crippen LogP contribution in [0, 0.1) is 10.1 Å². The first-order valence-corrected chi connectivity index (χ1v) is 8.33. The number of nitro benzene ring substituents is 1. The summed E-state index contributed by atoms with van der Waals surface area (Å²) in [5, 5.41) is 15.6. The number of benzene rings is 3. The predicted octanol–water partition coefficient (Wildman–Crippen LogP) is 3.78. The molecule has 0 spiro atoms. The largest absolute Gasteiger partial charge is 0.497 e. The number of nitrogens with one attached hydrogen (secondary N) is 1. The fraction of sp³-hybridized carbons (Fsp3) is 0.150. The zero-order valence-electron chi connectivity index (χ0n) is 15.3. The Morgan fingerprint density at radius 1 is 0.929 bits per heavy atom. The van der Waals surface area contributed by atoms with Crippen LogP contribution < -0.4 is 19.5 Å². The molecule has 144 valence electrons. The molecule has 0 atom stereocenters. The van der Waals surface area contributed by atoms with Crippen molar-refractivity contribution >= 4 is 28.1 Å². The van der Waals surface area contributed by atoms with E-state index in [1.807, 2.05) is 24.3 Å². The van der Waals surface area contributed by atoms with Crippen LogP contribution in [-0.2, 0) is 4.79 Å². The lowest BCUT2D eigenvalue weighted by atomic mass is 10.1. The number of carbonyl (C=O) groups excluding carboxylic acids is 1. The van der Waals surface area contributed by atoms with Gasteiger partial charge in [0.1, 0.15) is 22.9 Å². The van der Waals surface area contributed by atoms with E-state index in [4.69, 9.17) is 14.2 Å². The van der Waals surface area contributed by atoms with Crippen molar-refractivity contribution in [1.82, 2.24) is 0 Å². The highest BCUT2D eigenvalue weighted by Gasteiger charge is 2.17. The molecule has 1 amide bonds. The molecule has 3 rings (SSSR count). The second kappa shape index (κ2) is 8.26. The standard InChI is InChI=1S/C20H18N2O6/c1-26-15-5-3-13-4-6-17(10-14(13)9-15)28-12-20(23)21-18-8-7-16(27-2)11-19(18)22(24)25/h3-11H,12H2,1-2H3,(H,21,23). The van der Waals surface area contributed by atoms with E-state index in [9.17, 15) is 14.9 Å². The molecule has 0 unspecified atom stereocenters. The van der Waals surface area contributed by atoms with E-state index < -0.39 is 10.8 Å². The molecule has 0 bridgehead atoms. The number of rotatable bonds is 7. The van der Waals surface area contributed by atoms with Gasteiger partial charge in [-0.2, -0.15) is 0 Å². The van der Waals surface area contributed by atoms with E-state index in [-0.39, 0.29) is 18.0 Å². The van der Waals surface area contributed by atoms with Gasteiger partial charge in [-0.15, -0.1) is 0 Å². The smallest absolute Gasteiger partial charge is 0.296 e.